The smallest absolute Gasteiger partial charge is 0.276 e. The average molecular weight is 674 g/mol. The maximum atomic E-state index is 15.5. The molecule has 1 saturated heterocycles. The largest absolute Gasteiger partial charge is 0.504 e. The first kappa shape index (κ1) is 32.2. The summed E-state index contributed by atoms with van der Waals surface area (Å²) in [6, 6.07) is 5.07. The minimum Gasteiger partial charge on any atom is -0.504 e. The Labute approximate surface area is 271 Å². The molecule has 14 heteroatoms. The Kier molecular flexibility index (Phi) is 8.77. The van der Waals surface area contributed by atoms with Crippen molar-refractivity contribution in [1.82, 2.24) is 19.4 Å². The number of phenols is 1. The number of aromatic hydroxyl groups is 1. The van der Waals surface area contributed by atoms with E-state index in [1.165, 1.54) is 16.7 Å². The lowest BCUT2D eigenvalue weighted by atomic mass is 10.0. The number of fused-ring (bicyclic) bond motifs is 1. The van der Waals surface area contributed by atoms with E-state index in [1.54, 1.807) is 29.0 Å². The third-order valence-electron chi connectivity index (χ3n) is 7.67. The van der Waals surface area contributed by atoms with Crippen LogP contribution in [0.3, 0.4) is 0 Å². The number of hydrogen-bond acceptors (Lipinski definition) is 7. The Morgan fingerprint density at radius 1 is 1.13 bits per heavy atom. The van der Waals surface area contributed by atoms with E-state index in [0.29, 0.717) is 16.9 Å². The first-order valence-corrected chi connectivity index (χ1v) is 14.8. The molecule has 0 radical (unpaired) electrons. The zero-order valence-electron chi connectivity index (χ0n) is 24.3. The van der Waals surface area contributed by atoms with Crippen LogP contribution < -0.4 is 10.5 Å². The van der Waals surface area contributed by atoms with Crippen LogP contribution in [0.5, 0.6) is 5.75 Å². The van der Waals surface area contributed by atoms with Crippen molar-refractivity contribution in [3.63, 3.8) is 0 Å². The quantitative estimate of drug-likeness (QED) is 0.146. The lowest BCUT2D eigenvalue weighted by molar-refractivity contribution is -0.126. The normalized spacial score (nSPS) is 13.4. The SMILES string of the molecule is C=CC(=O)N1CCN(c2c(C#N)c(=O)n(-c3c(C)ccnc3C(C)C)c3nc(-c4c(F)c(O)c(Cl)c(Cl)c4F)c(Cl)cc23)CC1. The van der Waals surface area contributed by atoms with Crippen molar-refractivity contribution >= 4 is 57.4 Å². The summed E-state index contributed by atoms with van der Waals surface area (Å²) < 4.78 is 32.1. The molecule has 1 aliphatic rings. The molecule has 9 nitrogen and oxygen atoms in total. The summed E-state index contributed by atoms with van der Waals surface area (Å²) in [6.45, 7) is 10.1. The summed E-state index contributed by atoms with van der Waals surface area (Å²) in [5, 5.41) is 19.1. The Bertz CT molecular complexity index is 1990. The summed E-state index contributed by atoms with van der Waals surface area (Å²) in [7, 11) is 0. The van der Waals surface area contributed by atoms with Gasteiger partial charge in [0.15, 0.2) is 17.4 Å². The zero-order valence-corrected chi connectivity index (χ0v) is 26.5. The number of piperazine rings is 1. The number of carbonyl (C=O) groups is 1. The van der Waals surface area contributed by atoms with Crippen LogP contribution in [0.2, 0.25) is 15.1 Å². The molecule has 232 valence electrons. The number of nitrogens with zero attached hydrogens (tertiary/aromatic N) is 6. The minimum atomic E-state index is -1.46. The summed E-state index contributed by atoms with van der Waals surface area (Å²) in [4.78, 5) is 38.9. The molecule has 45 heavy (non-hydrogen) atoms. The molecule has 1 fully saturated rings. The van der Waals surface area contributed by atoms with Gasteiger partial charge >= 0.3 is 0 Å². The second-order valence-corrected chi connectivity index (χ2v) is 11.8. The number of hydrogen-bond donors (Lipinski definition) is 1. The van der Waals surface area contributed by atoms with Gasteiger partial charge in [-0.15, -0.1) is 0 Å². The number of rotatable bonds is 5. The number of nitriles is 1. The molecule has 0 aliphatic carbocycles. The lowest BCUT2D eigenvalue weighted by Crippen LogP contribution is -2.49. The number of halogens is 5. The van der Waals surface area contributed by atoms with Crippen LogP contribution in [-0.4, -0.2) is 56.6 Å². The van der Waals surface area contributed by atoms with E-state index in [1.807, 2.05) is 19.9 Å². The van der Waals surface area contributed by atoms with Gasteiger partial charge in [0, 0.05) is 37.8 Å². The number of pyridine rings is 3. The van der Waals surface area contributed by atoms with Gasteiger partial charge in [0.2, 0.25) is 5.91 Å². The van der Waals surface area contributed by atoms with Crippen LogP contribution in [0.4, 0.5) is 14.5 Å². The van der Waals surface area contributed by atoms with Crippen LogP contribution in [-0.2, 0) is 4.79 Å². The van der Waals surface area contributed by atoms with Crippen LogP contribution in [0.25, 0.3) is 28.0 Å². The van der Waals surface area contributed by atoms with Crippen molar-refractivity contribution in [1.29, 1.82) is 5.26 Å². The van der Waals surface area contributed by atoms with Gasteiger partial charge in [-0.1, -0.05) is 55.2 Å². The van der Waals surface area contributed by atoms with Gasteiger partial charge < -0.3 is 14.9 Å². The highest BCUT2D eigenvalue weighted by molar-refractivity contribution is 6.43. The van der Waals surface area contributed by atoms with Gasteiger partial charge in [-0.3, -0.25) is 19.1 Å². The van der Waals surface area contributed by atoms with Gasteiger partial charge in [0.1, 0.15) is 22.3 Å². The van der Waals surface area contributed by atoms with E-state index in [4.69, 9.17) is 34.8 Å². The van der Waals surface area contributed by atoms with Crippen molar-refractivity contribution in [3.8, 4) is 28.8 Å². The number of aryl methyl sites for hydroxylation is 1. The fourth-order valence-electron chi connectivity index (χ4n) is 5.47. The maximum absolute atomic E-state index is 15.5. The van der Waals surface area contributed by atoms with Crippen LogP contribution in [0.1, 0.15) is 36.6 Å². The van der Waals surface area contributed by atoms with E-state index in [9.17, 15) is 20.0 Å². The molecule has 0 bridgehead atoms. The van der Waals surface area contributed by atoms with Crippen LogP contribution in [0, 0.1) is 29.9 Å². The second kappa shape index (κ2) is 12.3. The van der Waals surface area contributed by atoms with E-state index in [-0.39, 0.29) is 65.3 Å². The monoisotopic (exact) mass is 672 g/mol. The minimum absolute atomic E-state index is 0.0830. The lowest BCUT2D eigenvalue weighted by Gasteiger charge is -2.36. The number of carbonyl (C=O) groups excluding carboxylic acids is 1. The van der Waals surface area contributed by atoms with Crippen molar-refractivity contribution in [2.24, 2.45) is 0 Å². The fraction of sp³-hybridized carbons (Fsp3) is 0.258. The number of aromatic nitrogens is 3. The first-order valence-electron chi connectivity index (χ1n) is 13.7. The van der Waals surface area contributed by atoms with Crippen LogP contribution >= 0.6 is 34.8 Å². The first-order chi connectivity index (χ1) is 21.3. The molecule has 4 heterocycles. The number of anilines is 1. The molecule has 0 saturated carbocycles. The molecule has 1 amide bonds. The molecule has 1 N–H and O–H groups in total. The summed E-state index contributed by atoms with van der Waals surface area (Å²) >= 11 is 18.4. The van der Waals surface area contributed by atoms with Gasteiger partial charge in [-0.2, -0.15) is 5.26 Å². The highest BCUT2D eigenvalue weighted by Crippen LogP contribution is 2.45. The van der Waals surface area contributed by atoms with Crippen molar-refractivity contribution in [2.45, 2.75) is 26.7 Å². The van der Waals surface area contributed by atoms with Gasteiger partial charge in [0.25, 0.3) is 5.56 Å². The molecule has 1 aliphatic heterocycles. The molecule has 4 aromatic rings. The van der Waals surface area contributed by atoms with E-state index >= 15 is 8.78 Å². The predicted molar refractivity (Wildman–Crippen MR) is 170 cm³/mol. The summed E-state index contributed by atoms with van der Waals surface area (Å²) in [5.41, 5.74) is -0.715. The standard InChI is InChI=1S/C31H25Cl3F2N6O3/c1-5-19(43)40-8-10-41(11-9-40)28-16-12-18(32)26(20-23(35)21(33)22(34)29(44)24(20)36)39-30(16)42(31(45)17(28)13-37)27-15(4)6-7-38-25(27)14(2)3/h5-7,12,14,44H,1,8-11H2,2-4H3. The highest BCUT2D eigenvalue weighted by atomic mass is 35.5. The maximum Gasteiger partial charge on any atom is 0.276 e. The number of phenolic OH excluding ortho intramolecular Hbond substituents is 1. The third kappa shape index (κ3) is 5.27. The van der Waals surface area contributed by atoms with E-state index in [2.05, 4.69) is 16.5 Å². The molecule has 0 atom stereocenters. The molecular weight excluding hydrogens is 649 g/mol. The number of amides is 1. The molecule has 1 aromatic carbocycles. The zero-order chi connectivity index (χ0) is 32.9. The average Bonchev–Trinajstić information content (AvgIpc) is 3.02. The molecular formula is C31H25Cl3F2N6O3. The second-order valence-electron chi connectivity index (χ2n) is 10.7. The Hall–Kier alpha value is -4.24. The summed E-state index contributed by atoms with van der Waals surface area (Å²) in [6.07, 6.45) is 2.80. The Morgan fingerprint density at radius 3 is 2.40 bits per heavy atom. The topological polar surface area (TPSA) is 115 Å². The Morgan fingerprint density at radius 2 is 1.80 bits per heavy atom. The van der Waals surface area contributed by atoms with Gasteiger partial charge in [-0.05, 0) is 36.6 Å². The van der Waals surface area contributed by atoms with Crippen molar-refractivity contribution < 1.29 is 18.7 Å². The summed E-state index contributed by atoms with van der Waals surface area (Å²) in [5.74, 6) is -4.33. The van der Waals surface area contributed by atoms with Crippen molar-refractivity contribution in [3.05, 3.63) is 84.9 Å². The van der Waals surface area contributed by atoms with Crippen molar-refractivity contribution in [2.75, 3.05) is 31.1 Å². The molecule has 0 unspecified atom stereocenters. The van der Waals surface area contributed by atoms with E-state index in [0.717, 1.165) is 0 Å². The van der Waals surface area contributed by atoms with Gasteiger partial charge in [-0.25, -0.2) is 13.8 Å². The molecule has 3 aromatic heterocycles. The van der Waals surface area contributed by atoms with Gasteiger partial charge in [0.05, 0.1) is 38.4 Å². The molecule has 0 spiro atoms. The number of benzene rings is 1. The highest BCUT2D eigenvalue weighted by Gasteiger charge is 2.31. The van der Waals surface area contributed by atoms with Crippen LogP contribution in [0.15, 0.2) is 35.8 Å². The Balaban J connectivity index is 1.93. The predicted octanol–water partition coefficient (Wildman–Crippen LogP) is 6.53. The molecule has 5 rings (SSSR count). The van der Waals surface area contributed by atoms with E-state index < -0.39 is 44.2 Å². The third-order valence-corrected chi connectivity index (χ3v) is 8.78. The fourth-order valence-corrected chi connectivity index (χ4v) is 6.07.